The standard InChI is InChI=1S/C24H37N3O4/c1-2-18-13-15-26(16-18)21(28)6-4-3-5-14-25-24(31)20-9-7-19(8-10-20)17-27-22(29)11-12-23(27)30/h11-12,18-20H,2-10,13-17H2,1H3,(H,25,31). The molecule has 7 heteroatoms. The molecular weight excluding hydrogens is 394 g/mol. The fourth-order valence-electron chi connectivity index (χ4n) is 4.96. The minimum Gasteiger partial charge on any atom is -0.356 e. The van der Waals surface area contributed by atoms with Gasteiger partial charge < -0.3 is 10.2 Å². The van der Waals surface area contributed by atoms with Gasteiger partial charge in [-0.2, -0.15) is 0 Å². The maximum Gasteiger partial charge on any atom is 0.253 e. The summed E-state index contributed by atoms with van der Waals surface area (Å²) in [5.74, 6) is 0.947. The quantitative estimate of drug-likeness (QED) is 0.426. The van der Waals surface area contributed by atoms with Crippen molar-refractivity contribution in [3.63, 3.8) is 0 Å². The maximum absolute atomic E-state index is 12.4. The number of hydrogen-bond donors (Lipinski definition) is 1. The summed E-state index contributed by atoms with van der Waals surface area (Å²) in [5.41, 5.74) is 0. The van der Waals surface area contributed by atoms with Gasteiger partial charge in [0.05, 0.1) is 0 Å². The van der Waals surface area contributed by atoms with Crippen LogP contribution in [-0.4, -0.2) is 59.6 Å². The predicted molar refractivity (Wildman–Crippen MR) is 118 cm³/mol. The van der Waals surface area contributed by atoms with Crippen molar-refractivity contribution in [2.24, 2.45) is 17.8 Å². The lowest BCUT2D eigenvalue weighted by Gasteiger charge is -2.30. The van der Waals surface area contributed by atoms with Crippen molar-refractivity contribution in [3.8, 4) is 0 Å². The Kier molecular flexibility index (Phi) is 8.67. The van der Waals surface area contributed by atoms with Crippen LogP contribution in [0.2, 0.25) is 0 Å². The molecule has 2 fully saturated rings. The predicted octanol–water partition coefficient (Wildman–Crippen LogP) is 2.65. The van der Waals surface area contributed by atoms with Crippen molar-refractivity contribution in [2.75, 3.05) is 26.2 Å². The smallest absolute Gasteiger partial charge is 0.253 e. The Balaban J connectivity index is 1.22. The zero-order chi connectivity index (χ0) is 22.2. The fourth-order valence-corrected chi connectivity index (χ4v) is 4.96. The fraction of sp³-hybridized carbons (Fsp3) is 0.750. The largest absolute Gasteiger partial charge is 0.356 e. The normalized spacial score (nSPS) is 26.0. The molecule has 1 atom stereocenters. The van der Waals surface area contributed by atoms with Gasteiger partial charge in [0.1, 0.15) is 0 Å². The number of unbranched alkanes of at least 4 members (excludes halogenated alkanes) is 2. The summed E-state index contributed by atoms with van der Waals surface area (Å²) in [4.78, 5) is 51.4. The number of nitrogens with one attached hydrogen (secondary N) is 1. The lowest BCUT2D eigenvalue weighted by Crippen LogP contribution is -2.38. The Morgan fingerprint density at radius 2 is 1.68 bits per heavy atom. The third-order valence-electron chi connectivity index (χ3n) is 7.14. The van der Waals surface area contributed by atoms with Gasteiger partial charge in [0.2, 0.25) is 11.8 Å². The number of rotatable bonds is 10. The first-order chi connectivity index (χ1) is 15.0. The van der Waals surface area contributed by atoms with Crippen LogP contribution in [0.3, 0.4) is 0 Å². The Bertz CT molecular complexity index is 679. The van der Waals surface area contributed by atoms with E-state index in [-0.39, 0.29) is 35.5 Å². The Morgan fingerprint density at radius 3 is 2.32 bits per heavy atom. The van der Waals surface area contributed by atoms with Gasteiger partial charge in [0.15, 0.2) is 0 Å². The number of amides is 4. The number of hydrogen-bond acceptors (Lipinski definition) is 4. The van der Waals surface area contributed by atoms with Crippen LogP contribution < -0.4 is 5.32 Å². The third-order valence-corrected chi connectivity index (χ3v) is 7.14. The second-order valence-corrected chi connectivity index (χ2v) is 9.34. The SMILES string of the molecule is CCC1CCN(C(=O)CCCCCNC(=O)C2CCC(CN3C(=O)C=CC3=O)CC2)C1. The first kappa shape index (κ1) is 23.5. The van der Waals surface area contributed by atoms with Gasteiger partial charge in [0, 0.05) is 50.7 Å². The molecule has 0 radical (unpaired) electrons. The van der Waals surface area contributed by atoms with Gasteiger partial charge in [0.25, 0.3) is 11.8 Å². The van der Waals surface area contributed by atoms with Gasteiger partial charge in [-0.1, -0.05) is 19.8 Å². The van der Waals surface area contributed by atoms with Gasteiger partial charge in [-0.25, -0.2) is 0 Å². The minimum atomic E-state index is -0.225. The molecule has 3 aliphatic rings. The second kappa shape index (κ2) is 11.4. The van der Waals surface area contributed by atoms with Crippen molar-refractivity contribution in [1.29, 1.82) is 0 Å². The average Bonchev–Trinajstić information content (AvgIpc) is 3.38. The summed E-state index contributed by atoms with van der Waals surface area (Å²) in [7, 11) is 0. The van der Waals surface area contributed by atoms with E-state index in [4.69, 9.17) is 0 Å². The van der Waals surface area contributed by atoms with Crippen molar-refractivity contribution >= 4 is 23.6 Å². The van der Waals surface area contributed by atoms with E-state index < -0.39 is 0 Å². The summed E-state index contributed by atoms with van der Waals surface area (Å²) in [6, 6.07) is 0. The molecule has 1 unspecified atom stereocenters. The van der Waals surface area contributed by atoms with Crippen LogP contribution in [0.25, 0.3) is 0 Å². The summed E-state index contributed by atoms with van der Waals surface area (Å²) >= 11 is 0. The topological polar surface area (TPSA) is 86.8 Å². The molecule has 1 saturated heterocycles. The van der Waals surface area contributed by atoms with E-state index in [1.165, 1.54) is 17.1 Å². The van der Waals surface area contributed by atoms with Crippen LogP contribution in [-0.2, 0) is 19.2 Å². The van der Waals surface area contributed by atoms with Crippen molar-refractivity contribution in [2.45, 2.75) is 71.1 Å². The molecule has 2 aliphatic heterocycles. The molecule has 0 aromatic rings. The van der Waals surface area contributed by atoms with Crippen LogP contribution in [0.4, 0.5) is 0 Å². The number of likely N-dealkylation sites (tertiary alicyclic amines) is 1. The molecule has 1 aliphatic carbocycles. The maximum atomic E-state index is 12.4. The number of imide groups is 1. The molecule has 0 aromatic carbocycles. The Labute approximate surface area is 185 Å². The van der Waals surface area contributed by atoms with Crippen molar-refractivity contribution in [3.05, 3.63) is 12.2 Å². The van der Waals surface area contributed by atoms with Crippen LogP contribution in [0, 0.1) is 17.8 Å². The summed E-state index contributed by atoms with van der Waals surface area (Å²) in [6.45, 7) is 5.16. The summed E-state index contributed by atoms with van der Waals surface area (Å²) in [6.07, 6.45) is 11.7. The Hall–Kier alpha value is -2.18. The van der Waals surface area contributed by atoms with E-state index in [0.717, 1.165) is 70.9 Å². The van der Waals surface area contributed by atoms with Crippen LogP contribution in [0.5, 0.6) is 0 Å². The minimum absolute atomic E-state index is 0.0302. The number of nitrogens with zero attached hydrogens (tertiary/aromatic N) is 2. The van der Waals surface area contributed by atoms with Gasteiger partial charge in [-0.05, 0) is 56.8 Å². The molecule has 0 aromatic heterocycles. The highest BCUT2D eigenvalue weighted by Gasteiger charge is 2.31. The van der Waals surface area contributed by atoms with Crippen LogP contribution in [0.15, 0.2) is 12.2 Å². The molecule has 4 amide bonds. The van der Waals surface area contributed by atoms with Gasteiger partial charge in [-0.3, -0.25) is 24.1 Å². The highest BCUT2D eigenvalue weighted by molar-refractivity contribution is 6.12. The highest BCUT2D eigenvalue weighted by Crippen LogP contribution is 2.30. The average molecular weight is 432 g/mol. The molecule has 7 nitrogen and oxygen atoms in total. The van der Waals surface area contributed by atoms with Gasteiger partial charge in [-0.15, -0.1) is 0 Å². The monoisotopic (exact) mass is 431 g/mol. The Morgan fingerprint density at radius 1 is 0.968 bits per heavy atom. The molecule has 0 bridgehead atoms. The molecule has 1 N–H and O–H groups in total. The second-order valence-electron chi connectivity index (χ2n) is 9.34. The van der Waals surface area contributed by atoms with E-state index >= 15 is 0 Å². The van der Waals surface area contributed by atoms with E-state index in [1.807, 2.05) is 4.90 Å². The lowest BCUT2D eigenvalue weighted by atomic mass is 9.81. The summed E-state index contributed by atoms with van der Waals surface area (Å²) in [5, 5.41) is 3.05. The zero-order valence-electron chi connectivity index (χ0n) is 18.8. The van der Waals surface area contributed by atoms with E-state index in [2.05, 4.69) is 12.2 Å². The molecule has 2 heterocycles. The molecule has 31 heavy (non-hydrogen) atoms. The van der Waals surface area contributed by atoms with Crippen LogP contribution in [0.1, 0.15) is 71.1 Å². The van der Waals surface area contributed by atoms with E-state index in [0.29, 0.717) is 25.4 Å². The van der Waals surface area contributed by atoms with Gasteiger partial charge >= 0.3 is 0 Å². The van der Waals surface area contributed by atoms with E-state index in [1.54, 1.807) is 0 Å². The van der Waals surface area contributed by atoms with Crippen molar-refractivity contribution in [1.82, 2.24) is 15.1 Å². The first-order valence-corrected chi connectivity index (χ1v) is 12.1. The summed E-state index contributed by atoms with van der Waals surface area (Å²) < 4.78 is 0. The molecule has 1 saturated carbocycles. The first-order valence-electron chi connectivity index (χ1n) is 12.1. The molecular formula is C24H37N3O4. The van der Waals surface area contributed by atoms with Crippen LogP contribution >= 0.6 is 0 Å². The highest BCUT2D eigenvalue weighted by atomic mass is 16.2. The third kappa shape index (κ3) is 6.65. The lowest BCUT2D eigenvalue weighted by molar-refractivity contribution is -0.138. The molecule has 172 valence electrons. The van der Waals surface area contributed by atoms with Crippen molar-refractivity contribution < 1.29 is 19.2 Å². The zero-order valence-corrected chi connectivity index (χ0v) is 18.8. The van der Waals surface area contributed by atoms with E-state index in [9.17, 15) is 19.2 Å². The number of carbonyl (C=O) groups excluding carboxylic acids is 4. The number of carbonyl (C=O) groups is 4. The molecule has 3 rings (SSSR count). The molecule has 0 spiro atoms.